The van der Waals surface area contributed by atoms with Crippen LogP contribution >= 0.6 is 0 Å². The van der Waals surface area contributed by atoms with Crippen molar-refractivity contribution in [2.24, 2.45) is 5.92 Å². The molecule has 106 valence electrons. The Balaban J connectivity index is 1.78. The van der Waals surface area contributed by atoms with E-state index < -0.39 is 11.9 Å². The number of carbonyl (C=O) groups excluding carboxylic acids is 3. The van der Waals surface area contributed by atoms with Crippen molar-refractivity contribution in [3.8, 4) is 0 Å². The van der Waals surface area contributed by atoms with Gasteiger partial charge in [-0.1, -0.05) is 26.2 Å². The zero-order chi connectivity index (χ0) is 13.8. The lowest BCUT2D eigenvalue weighted by Crippen LogP contribution is -2.34. The van der Waals surface area contributed by atoms with Gasteiger partial charge in [-0.15, -0.1) is 0 Å². The Morgan fingerprint density at radius 1 is 1.32 bits per heavy atom. The Kier molecular flexibility index (Phi) is 4.56. The maximum absolute atomic E-state index is 12.0. The highest BCUT2D eigenvalue weighted by Gasteiger charge is 2.49. The molecule has 2 aliphatic rings. The number of fused-ring (bicyclic) bond motifs is 1. The molecule has 5 nitrogen and oxygen atoms in total. The SMILES string of the molecule is CCCCCCOC(=O)C1CC2CCC(=O)N2C1=O. The number of hydrogen-bond acceptors (Lipinski definition) is 4. The van der Waals surface area contributed by atoms with Gasteiger partial charge in [0.05, 0.1) is 6.61 Å². The van der Waals surface area contributed by atoms with Gasteiger partial charge in [0, 0.05) is 12.5 Å². The van der Waals surface area contributed by atoms with E-state index in [9.17, 15) is 14.4 Å². The number of imide groups is 1. The van der Waals surface area contributed by atoms with Crippen LogP contribution in [0.15, 0.2) is 0 Å². The van der Waals surface area contributed by atoms with Crippen LogP contribution in [0.25, 0.3) is 0 Å². The molecule has 0 aromatic heterocycles. The molecule has 0 radical (unpaired) electrons. The first-order valence-electron chi connectivity index (χ1n) is 7.17. The van der Waals surface area contributed by atoms with Crippen LogP contribution in [0.4, 0.5) is 0 Å². The fraction of sp³-hybridized carbons (Fsp3) is 0.786. The zero-order valence-corrected chi connectivity index (χ0v) is 11.4. The zero-order valence-electron chi connectivity index (χ0n) is 11.4. The van der Waals surface area contributed by atoms with E-state index in [-0.39, 0.29) is 17.9 Å². The van der Waals surface area contributed by atoms with Crippen molar-refractivity contribution >= 4 is 17.8 Å². The Morgan fingerprint density at radius 2 is 2.11 bits per heavy atom. The summed E-state index contributed by atoms with van der Waals surface area (Å²) in [5, 5.41) is 0. The van der Waals surface area contributed by atoms with E-state index in [0.717, 1.165) is 25.7 Å². The summed E-state index contributed by atoms with van der Waals surface area (Å²) < 4.78 is 5.15. The third kappa shape index (κ3) is 2.96. The van der Waals surface area contributed by atoms with Crippen LogP contribution in [-0.4, -0.2) is 35.3 Å². The molecule has 2 rings (SSSR count). The second-order valence-corrected chi connectivity index (χ2v) is 5.31. The number of unbranched alkanes of at least 4 members (excludes halogenated alkanes) is 3. The molecule has 0 spiro atoms. The summed E-state index contributed by atoms with van der Waals surface area (Å²) in [5.74, 6) is -1.71. The van der Waals surface area contributed by atoms with E-state index >= 15 is 0 Å². The molecule has 5 heteroatoms. The molecule has 2 aliphatic heterocycles. The highest BCUT2D eigenvalue weighted by atomic mass is 16.5. The molecule has 19 heavy (non-hydrogen) atoms. The van der Waals surface area contributed by atoms with E-state index in [2.05, 4.69) is 6.92 Å². The molecule has 2 heterocycles. The van der Waals surface area contributed by atoms with E-state index in [4.69, 9.17) is 4.74 Å². The minimum absolute atomic E-state index is 0.0716. The van der Waals surface area contributed by atoms with Gasteiger partial charge in [0.2, 0.25) is 11.8 Å². The van der Waals surface area contributed by atoms with Gasteiger partial charge in [-0.05, 0) is 19.3 Å². The molecule has 2 saturated heterocycles. The molecule has 2 unspecified atom stereocenters. The molecule has 0 bridgehead atoms. The van der Waals surface area contributed by atoms with E-state index in [0.29, 0.717) is 25.9 Å². The number of ether oxygens (including phenoxy) is 1. The molecule has 0 aromatic carbocycles. The Labute approximate surface area is 113 Å². The quantitative estimate of drug-likeness (QED) is 0.318. The van der Waals surface area contributed by atoms with E-state index in [1.165, 1.54) is 4.90 Å². The van der Waals surface area contributed by atoms with Crippen LogP contribution in [0.1, 0.15) is 51.9 Å². The third-order valence-corrected chi connectivity index (χ3v) is 3.90. The molecule has 0 aliphatic carbocycles. The summed E-state index contributed by atoms with van der Waals surface area (Å²) >= 11 is 0. The molecule has 2 atom stereocenters. The van der Waals surface area contributed by atoms with Crippen molar-refractivity contribution in [3.05, 3.63) is 0 Å². The molecule has 0 aromatic rings. The van der Waals surface area contributed by atoms with Gasteiger partial charge < -0.3 is 4.74 Å². The third-order valence-electron chi connectivity index (χ3n) is 3.90. The molecule has 0 N–H and O–H groups in total. The summed E-state index contributed by atoms with van der Waals surface area (Å²) in [6.07, 6.45) is 5.69. The number of amides is 2. The van der Waals surface area contributed by atoms with Gasteiger partial charge in [0.1, 0.15) is 5.92 Å². The van der Waals surface area contributed by atoms with Crippen LogP contribution in [-0.2, 0) is 19.1 Å². The van der Waals surface area contributed by atoms with E-state index in [1.807, 2.05) is 0 Å². The summed E-state index contributed by atoms with van der Waals surface area (Å²) in [5.41, 5.74) is 0. The first kappa shape index (κ1) is 14.0. The van der Waals surface area contributed by atoms with Gasteiger partial charge in [-0.25, -0.2) is 0 Å². The normalized spacial score (nSPS) is 25.8. The smallest absolute Gasteiger partial charge is 0.318 e. The minimum Gasteiger partial charge on any atom is -0.465 e. The predicted molar refractivity (Wildman–Crippen MR) is 68.1 cm³/mol. The second kappa shape index (κ2) is 6.17. The molecular weight excluding hydrogens is 246 g/mol. The number of nitrogens with zero attached hydrogens (tertiary/aromatic N) is 1. The van der Waals surface area contributed by atoms with Gasteiger partial charge in [-0.2, -0.15) is 0 Å². The Bertz CT molecular complexity index is 380. The number of rotatable bonds is 6. The average Bonchev–Trinajstić information content (AvgIpc) is 2.91. The largest absolute Gasteiger partial charge is 0.465 e. The van der Waals surface area contributed by atoms with Crippen LogP contribution in [0, 0.1) is 5.92 Å². The van der Waals surface area contributed by atoms with Crippen molar-refractivity contribution in [3.63, 3.8) is 0 Å². The number of esters is 1. The van der Waals surface area contributed by atoms with Crippen LogP contribution < -0.4 is 0 Å². The lowest BCUT2D eigenvalue weighted by molar-refractivity contribution is -0.154. The van der Waals surface area contributed by atoms with Crippen LogP contribution in [0.2, 0.25) is 0 Å². The van der Waals surface area contributed by atoms with Gasteiger partial charge in [0.25, 0.3) is 0 Å². The van der Waals surface area contributed by atoms with Crippen molar-refractivity contribution in [2.75, 3.05) is 6.61 Å². The first-order chi connectivity index (χ1) is 9.15. The number of carbonyl (C=O) groups is 3. The van der Waals surface area contributed by atoms with Crippen LogP contribution in [0.5, 0.6) is 0 Å². The summed E-state index contributed by atoms with van der Waals surface area (Å²) in [4.78, 5) is 36.6. The summed E-state index contributed by atoms with van der Waals surface area (Å²) in [6, 6.07) is -0.0716. The van der Waals surface area contributed by atoms with Gasteiger partial charge >= 0.3 is 5.97 Å². The van der Waals surface area contributed by atoms with Crippen molar-refractivity contribution < 1.29 is 19.1 Å². The maximum atomic E-state index is 12.0. The van der Waals surface area contributed by atoms with Crippen LogP contribution in [0.3, 0.4) is 0 Å². The monoisotopic (exact) mass is 267 g/mol. The fourth-order valence-corrected chi connectivity index (χ4v) is 2.81. The molecular formula is C14H21NO4. The minimum atomic E-state index is -0.750. The molecule has 0 saturated carbocycles. The fourth-order valence-electron chi connectivity index (χ4n) is 2.81. The number of hydrogen-bond donors (Lipinski definition) is 0. The standard InChI is InChI=1S/C14H21NO4/c1-2-3-4-5-8-19-14(18)11-9-10-6-7-12(16)15(10)13(11)17/h10-11H,2-9H2,1H3. The van der Waals surface area contributed by atoms with E-state index in [1.54, 1.807) is 0 Å². The lowest BCUT2D eigenvalue weighted by atomic mass is 10.0. The molecule has 2 amide bonds. The summed E-state index contributed by atoms with van der Waals surface area (Å²) in [7, 11) is 0. The summed E-state index contributed by atoms with van der Waals surface area (Å²) in [6.45, 7) is 2.49. The second-order valence-electron chi connectivity index (χ2n) is 5.31. The maximum Gasteiger partial charge on any atom is 0.318 e. The average molecular weight is 267 g/mol. The highest BCUT2D eigenvalue weighted by Crippen LogP contribution is 2.34. The van der Waals surface area contributed by atoms with Crippen molar-refractivity contribution in [1.82, 2.24) is 4.90 Å². The first-order valence-corrected chi connectivity index (χ1v) is 7.17. The van der Waals surface area contributed by atoms with Gasteiger partial charge in [0.15, 0.2) is 0 Å². The molecule has 2 fully saturated rings. The van der Waals surface area contributed by atoms with Gasteiger partial charge in [-0.3, -0.25) is 19.3 Å². The Morgan fingerprint density at radius 3 is 2.79 bits per heavy atom. The van der Waals surface area contributed by atoms with Crippen molar-refractivity contribution in [1.29, 1.82) is 0 Å². The van der Waals surface area contributed by atoms with Crippen molar-refractivity contribution in [2.45, 2.75) is 57.9 Å². The topological polar surface area (TPSA) is 63.7 Å². The predicted octanol–water partition coefficient (Wildman–Crippen LogP) is 1.65. The lowest BCUT2D eigenvalue weighted by Gasteiger charge is -2.12. The Hall–Kier alpha value is -1.39. The highest BCUT2D eigenvalue weighted by molar-refractivity contribution is 6.08.